The lowest BCUT2D eigenvalue weighted by Gasteiger charge is -2.24. The number of aryl methyl sites for hydroxylation is 1. The van der Waals surface area contributed by atoms with E-state index < -0.39 is 11.4 Å². The molecule has 0 saturated carbocycles. The Hall–Kier alpha value is -2.11. The lowest BCUT2D eigenvalue weighted by molar-refractivity contribution is -0.148. The van der Waals surface area contributed by atoms with Crippen LogP contribution in [0.25, 0.3) is 11.0 Å². The van der Waals surface area contributed by atoms with Crippen molar-refractivity contribution in [3.63, 3.8) is 0 Å². The molecule has 1 N–H and O–H groups in total. The number of rotatable bonds is 4. The van der Waals surface area contributed by atoms with Crippen LogP contribution in [0.3, 0.4) is 0 Å². The van der Waals surface area contributed by atoms with Gasteiger partial charge in [0, 0.05) is 26.3 Å². The lowest BCUT2D eigenvalue weighted by atomic mass is 9.83. The van der Waals surface area contributed by atoms with Crippen LogP contribution in [0.5, 0.6) is 0 Å². The molecule has 1 atom stereocenters. The summed E-state index contributed by atoms with van der Waals surface area (Å²) in [5, 5.41) is 9.61. The van der Waals surface area contributed by atoms with Crippen molar-refractivity contribution < 1.29 is 9.90 Å². The first-order valence-corrected chi connectivity index (χ1v) is 7.32. The molecular weight excluding hydrogens is 268 g/mol. The average molecular weight is 288 g/mol. The molecule has 0 spiro atoms. The lowest BCUT2D eigenvalue weighted by Crippen LogP contribution is -2.34. The first kappa shape index (κ1) is 13.9. The molecule has 21 heavy (non-hydrogen) atoms. The summed E-state index contributed by atoms with van der Waals surface area (Å²) in [6, 6.07) is 1.93. The second-order valence-electron chi connectivity index (χ2n) is 5.86. The number of aromatic nitrogens is 3. The molecule has 0 bridgehead atoms. The van der Waals surface area contributed by atoms with E-state index in [1.165, 1.54) is 0 Å². The van der Waals surface area contributed by atoms with E-state index in [2.05, 4.69) is 14.9 Å². The maximum atomic E-state index is 11.7. The van der Waals surface area contributed by atoms with Crippen LogP contribution in [-0.4, -0.2) is 38.7 Å². The van der Waals surface area contributed by atoms with Crippen LogP contribution in [-0.2, 0) is 11.8 Å². The average Bonchev–Trinajstić information content (AvgIpc) is 3.05. The summed E-state index contributed by atoms with van der Waals surface area (Å²) in [6.07, 6.45) is 5.78. The molecule has 1 aliphatic heterocycles. The zero-order chi connectivity index (χ0) is 15.0. The Morgan fingerprint density at radius 3 is 3.00 bits per heavy atom. The number of carboxylic acids is 1. The zero-order valence-corrected chi connectivity index (χ0v) is 12.4. The largest absolute Gasteiger partial charge is 0.481 e. The van der Waals surface area contributed by atoms with Crippen molar-refractivity contribution in [1.29, 1.82) is 0 Å². The first-order chi connectivity index (χ1) is 10.1. The molecule has 1 aliphatic rings. The summed E-state index contributed by atoms with van der Waals surface area (Å²) in [4.78, 5) is 22.6. The van der Waals surface area contributed by atoms with Gasteiger partial charge in [-0.25, -0.2) is 9.97 Å². The Kier molecular flexibility index (Phi) is 3.31. The van der Waals surface area contributed by atoms with Gasteiger partial charge < -0.3 is 14.6 Å². The highest BCUT2D eigenvalue weighted by Gasteiger charge is 2.44. The summed E-state index contributed by atoms with van der Waals surface area (Å²) >= 11 is 0. The summed E-state index contributed by atoms with van der Waals surface area (Å²) in [5.41, 5.74) is 1.22. The zero-order valence-electron chi connectivity index (χ0n) is 12.4. The van der Waals surface area contributed by atoms with Crippen molar-refractivity contribution in [2.45, 2.75) is 26.2 Å². The van der Waals surface area contributed by atoms with Crippen LogP contribution in [0.15, 0.2) is 18.6 Å². The van der Waals surface area contributed by atoms with Gasteiger partial charge in [0.05, 0.1) is 17.3 Å². The van der Waals surface area contributed by atoms with Crippen LogP contribution >= 0.6 is 0 Å². The number of carbonyl (C=O) groups is 1. The van der Waals surface area contributed by atoms with Gasteiger partial charge in [0.1, 0.15) is 5.52 Å². The molecular formula is C15H20N4O2. The molecule has 2 aromatic heterocycles. The van der Waals surface area contributed by atoms with Crippen molar-refractivity contribution >= 4 is 22.8 Å². The molecule has 0 aromatic carbocycles. The van der Waals surface area contributed by atoms with Gasteiger partial charge in [0.15, 0.2) is 5.82 Å². The second kappa shape index (κ2) is 5.02. The first-order valence-electron chi connectivity index (χ1n) is 7.32. The van der Waals surface area contributed by atoms with Gasteiger partial charge in [-0.1, -0.05) is 13.3 Å². The van der Waals surface area contributed by atoms with E-state index in [1.807, 2.05) is 24.6 Å². The minimum atomic E-state index is -0.694. The Balaban J connectivity index is 1.96. The predicted octanol–water partition coefficient (Wildman–Crippen LogP) is 2.05. The normalized spacial score (nSPS) is 22.1. The number of anilines is 1. The summed E-state index contributed by atoms with van der Waals surface area (Å²) < 4.78 is 1.95. The highest BCUT2D eigenvalue weighted by molar-refractivity contribution is 5.87. The molecule has 2 aromatic rings. The van der Waals surface area contributed by atoms with Gasteiger partial charge in [0.2, 0.25) is 0 Å². The standard InChI is InChI=1S/C15H20N4O2/c1-3-5-15(14(20)21)6-8-19(9-15)13-12-11(4-7-16-13)18(2)10-17-12/h4,7,10H,3,5-6,8-9H2,1-2H3,(H,20,21). The third-order valence-electron chi connectivity index (χ3n) is 4.46. The Labute approximate surface area is 123 Å². The quantitative estimate of drug-likeness (QED) is 0.932. The fourth-order valence-corrected chi connectivity index (χ4v) is 3.30. The van der Waals surface area contributed by atoms with E-state index in [1.54, 1.807) is 12.5 Å². The molecule has 6 heteroatoms. The van der Waals surface area contributed by atoms with Crippen LogP contribution in [0.2, 0.25) is 0 Å². The van der Waals surface area contributed by atoms with E-state index in [9.17, 15) is 9.90 Å². The third-order valence-corrected chi connectivity index (χ3v) is 4.46. The molecule has 1 unspecified atom stereocenters. The number of aliphatic carboxylic acids is 1. The van der Waals surface area contributed by atoms with Crippen LogP contribution in [0, 0.1) is 5.41 Å². The summed E-state index contributed by atoms with van der Waals surface area (Å²) in [7, 11) is 1.95. The van der Waals surface area contributed by atoms with Crippen LogP contribution in [0.1, 0.15) is 26.2 Å². The van der Waals surface area contributed by atoms with Crippen LogP contribution in [0.4, 0.5) is 5.82 Å². The minimum Gasteiger partial charge on any atom is -0.481 e. The smallest absolute Gasteiger partial charge is 0.311 e. The number of hydrogen-bond donors (Lipinski definition) is 1. The van der Waals surface area contributed by atoms with Gasteiger partial charge in [0.25, 0.3) is 0 Å². The van der Waals surface area contributed by atoms with Gasteiger partial charge in [-0.2, -0.15) is 0 Å². The second-order valence-corrected chi connectivity index (χ2v) is 5.86. The number of pyridine rings is 1. The van der Waals surface area contributed by atoms with E-state index in [4.69, 9.17) is 0 Å². The van der Waals surface area contributed by atoms with E-state index in [-0.39, 0.29) is 0 Å². The van der Waals surface area contributed by atoms with Crippen molar-refractivity contribution in [1.82, 2.24) is 14.5 Å². The van der Waals surface area contributed by atoms with E-state index in [0.29, 0.717) is 19.4 Å². The molecule has 3 heterocycles. The highest BCUT2D eigenvalue weighted by Crippen LogP contribution is 2.38. The molecule has 0 aliphatic carbocycles. The number of imidazole rings is 1. The molecule has 1 fully saturated rings. The molecule has 0 amide bonds. The van der Waals surface area contributed by atoms with Gasteiger partial charge in [-0.05, 0) is 18.9 Å². The monoisotopic (exact) mass is 288 g/mol. The van der Waals surface area contributed by atoms with Crippen LogP contribution < -0.4 is 4.90 Å². The van der Waals surface area contributed by atoms with Crippen molar-refractivity contribution in [3.05, 3.63) is 18.6 Å². The number of nitrogens with zero attached hydrogens (tertiary/aromatic N) is 4. The Morgan fingerprint density at radius 1 is 1.48 bits per heavy atom. The van der Waals surface area contributed by atoms with Crippen molar-refractivity contribution in [2.24, 2.45) is 12.5 Å². The third kappa shape index (κ3) is 2.14. The Morgan fingerprint density at radius 2 is 2.29 bits per heavy atom. The molecule has 6 nitrogen and oxygen atoms in total. The highest BCUT2D eigenvalue weighted by atomic mass is 16.4. The molecule has 112 valence electrons. The summed E-state index contributed by atoms with van der Waals surface area (Å²) in [5.74, 6) is 0.104. The predicted molar refractivity (Wildman–Crippen MR) is 80.3 cm³/mol. The SMILES string of the molecule is CCCC1(C(=O)O)CCN(c2nccc3c2ncn3C)C1. The topological polar surface area (TPSA) is 71.2 Å². The van der Waals surface area contributed by atoms with Crippen molar-refractivity contribution in [2.75, 3.05) is 18.0 Å². The van der Waals surface area contributed by atoms with Crippen molar-refractivity contribution in [3.8, 4) is 0 Å². The van der Waals surface area contributed by atoms with Gasteiger partial charge in [-0.3, -0.25) is 4.79 Å². The number of hydrogen-bond acceptors (Lipinski definition) is 4. The minimum absolute atomic E-state index is 0.513. The molecule has 0 radical (unpaired) electrons. The Bertz CT molecular complexity index is 681. The number of fused-ring (bicyclic) bond motifs is 1. The number of carboxylic acid groups (broad SMARTS) is 1. The maximum Gasteiger partial charge on any atom is 0.311 e. The van der Waals surface area contributed by atoms with E-state index >= 15 is 0 Å². The van der Waals surface area contributed by atoms with E-state index in [0.717, 1.165) is 29.8 Å². The summed E-state index contributed by atoms with van der Waals surface area (Å²) in [6.45, 7) is 3.26. The fraction of sp³-hybridized carbons (Fsp3) is 0.533. The molecule has 3 rings (SSSR count). The molecule has 1 saturated heterocycles. The fourth-order valence-electron chi connectivity index (χ4n) is 3.30. The van der Waals surface area contributed by atoms with Gasteiger partial charge >= 0.3 is 5.97 Å². The van der Waals surface area contributed by atoms with Gasteiger partial charge in [-0.15, -0.1) is 0 Å². The maximum absolute atomic E-state index is 11.7.